The van der Waals surface area contributed by atoms with Crippen LogP contribution in [0.3, 0.4) is 0 Å². The van der Waals surface area contributed by atoms with E-state index in [1.165, 1.54) is 0 Å². The summed E-state index contributed by atoms with van der Waals surface area (Å²) in [5, 5.41) is 0. The fourth-order valence-corrected chi connectivity index (χ4v) is 0.393. The van der Waals surface area contributed by atoms with Gasteiger partial charge in [0.05, 0.1) is 0 Å². The van der Waals surface area contributed by atoms with Crippen LogP contribution < -0.4 is 5.73 Å². The second-order valence-corrected chi connectivity index (χ2v) is 2.68. The lowest BCUT2D eigenvalue weighted by atomic mass is 10.2. The van der Waals surface area contributed by atoms with Gasteiger partial charge in [0.15, 0.2) is 5.88 Å². The summed E-state index contributed by atoms with van der Waals surface area (Å²) in [5.41, 5.74) is 4.96. The maximum atomic E-state index is 5.16. The highest BCUT2D eigenvalue weighted by Crippen LogP contribution is 2.07. The minimum Gasteiger partial charge on any atom is -0.474 e. The van der Waals surface area contributed by atoms with Crippen LogP contribution in [-0.2, 0) is 4.74 Å². The number of rotatable bonds is 1. The molecule has 0 aromatic carbocycles. The van der Waals surface area contributed by atoms with Crippen molar-refractivity contribution in [1.82, 2.24) is 0 Å². The molecule has 0 fully saturated rings. The Bertz CT molecular complexity index is 96.8. The van der Waals surface area contributed by atoms with E-state index in [0.29, 0.717) is 0 Å². The summed E-state index contributed by atoms with van der Waals surface area (Å²) in [4.78, 5) is 0. The van der Waals surface area contributed by atoms with Crippen molar-refractivity contribution in [2.75, 3.05) is 0 Å². The van der Waals surface area contributed by atoms with Gasteiger partial charge in [-0.3, -0.25) is 0 Å². The molecule has 0 heterocycles. The Kier molecular flexibility index (Phi) is 6.21. The molecule has 10 heavy (non-hydrogen) atoms. The molecule has 64 valence electrons. The maximum Gasteiger partial charge on any atom is 0.177 e. The molecule has 2 N–H and O–H groups in total. The van der Waals surface area contributed by atoms with Gasteiger partial charge in [-0.1, -0.05) is 13.8 Å². The Morgan fingerprint density at radius 3 is 1.70 bits per heavy atom. The van der Waals surface area contributed by atoms with Crippen LogP contribution in [0, 0.1) is 0 Å². The smallest absolute Gasteiger partial charge is 0.177 e. The summed E-state index contributed by atoms with van der Waals surface area (Å²) in [6, 6.07) is 0. The van der Waals surface area contributed by atoms with Crippen molar-refractivity contribution in [1.29, 1.82) is 0 Å². The number of ether oxygens (including phenoxy) is 1. The summed E-state index contributed by atoms with van der Waals surface area (Å²) >= 11 is 0. The molecule has 0 unspecified atom stereocenters. The number of hydrogen-bond donors (Lipinski definition) is 1. The van der Waals surface area contributed by atoms with E-state index in [4.69, 9.17) is 10.5 Å². The second-order valence-electron chi connectivity index (χ2n) is 2.68. The van der Waals surface area contributed by atoms with E-state index in [-0.39, 0.29) is 12.9 Å². The molecule has 0 amide bonds. The second kappa shape index (κ2) is 5.15. The molecule has 2 heteroatoms. The molecule has 2 nitrogen and oxygen atoms in total. The van der Waals surface area contributed by atoms with Crippen molar-refractivity contribution in [3.8, 4) is 0 Å². The normalized spacial score (nSPS) is 9.30. The first kappa shape index (κ1) is 12.1. The fraction of sp³-hybridized carbons (Fsp3) is 0.750. The van der Waals surface area contributed by atoms with Crippen molar-refractivity contribution >= 4 is 0 Å². The molecule has 0 aliphatic heterocycles. The molecule has 0 rings (SSSR count). The average Bonchev–Trinajstić information content (AvgIpc) is 1.64. The van der Waals surface area contributed by atoms with Crippen molar-refractivity contribution < 1.29 is 6.16 Å². The maximum absolute atomic E-state index is 5.16. The zero-order chi connectivity index (χ0) is 8.78. The molecular weight excluding hydrogens is 126 g/mol. The zero-order valence-electron chi connectivity index (χ0n) is 7.69. The summed E-state index contributed by atoms with van der Waals surface area (Å²) in [5.74, 6) is 0.275. The van der Waals surface area contributed by atoms with Gasteiger partial charge >= 0.3 is 0 Å². The molecule has 0 saturated heterocycles. The lowest BCUT2D eigenvalue weighted by molar-refractivity contribution is 0.0515. The van der Waals surface area contributed by atoms with Crippen LogP contribution in [0.1, 0.15) is 36.0 Å². The molecule has 0 spiro atoms. The first-order valence-corrected chi connectivity index (χ1v) is 3.55. The van der Waals surface area contributed by atoms with Gasteiger partial charge in [0.2, 0.25) is 0 Å². The molecule has 0 saturated carbocycles. The standard InChI is InChI=1S/C6H13NO.C2H6.H2/c1-5(7)8-6(2,3)4;1-2;/h1,7H2,2-4H3;1-2H3;1H. The van der Waals surface area contributed by atoms with Crippen LogP contribution in [0.4, 0.5) is 0 Å². The van der Waals surface area contributed by atoms with Gasteiger partial charge in [-0.05, 0) is 27.4 Å². The Morgan fingerprint density at radius 2 is 1.70 bits per heavy atom. The quantitative estimate of drug-likeness (QED) is 0.578. The van der Waals surface area contributed by atoms with Crippen LogP contribution in [0.2, 0.25) is 0 Å². The molecule has 0 aliphatic carbocycles. The Hall–Kier alpha value is -0.660. The highest BCUT2D eigenvalue weighted by Gasteiger charge is 2.09. The van der Waals surface area contributed by atoms with Gasteiger partial charge in [0, 0.05) is 1.43 Å². The first-order chi connectivity index (χ1) is 4.42. The Labute approximate surface area is 65.5 Å². The minimum atomic E-state index is -0.203. The van der Waals surface area contributed by atoms with Crippen LogP contribution in [0.15, 0.2) is 12.5 Å². The highest BCUT2D eigenvalue weighted by molar-refractivity contribution is 4.76. The SMILES string of the molecule is C=C(N)OC(C)(C)C.CC.[HH]. The zero-order valence-corrected chi connectivity index (χ0v) is 7.69. The van der Waals surface area contributed by atoms with Crippen LogP contribution >= 0.6 is 0 Å². The predicted octanol–water partition coefficient (Wildman–Crippen LogP) is 2.50. The Morgan fingerprint density at radius 1 is 1.40 bits per heavy atom. The monoisotopic (exact) mass is 147 g/mol. The summed E-state index contributed by atoms with van der Waals surface area (Å²) < 4.78 is 5.02. The summed E-state index contributed by atoms with van der Waals surface area (Å²) in [7, 11) is 0. The summed E-state index contributed by atoms with van der Waals surface area (Å²) in [6.07, 6.45) is 0. The predicted molar refractivity (Wildman–Crippen MR) is 47.6 cm³/mol. The van der Waals surface area contributed by atoms with E-state index < -0.39 is 0 Å². The van der Waals surface area contributed by atoms with Gasteiger partial charge in [0.1, 0.15) is 5.60 Å². The topological polar surface area (TPSA) is 35.2 Å². The van der Waals surface area contributed by atoms with E-state index in [1.807, 2.05) is 34.6 Å². The third-order valence-corrected chi connectivity index (χ3v) is 0.437. The van der Waals surface area contributed by atoms with Gasteiger partial charge in [-0.15, -0.1) is 0 Å². The number of nitrogens with two attached hydrogens (primary N) is 1. The third kappa shape index (κ3) is 15.7. The van der Waals surface area contributed by atoms with Gasteiger partial charge in [-0.25, -0.2) is 0 Å². The lowest BCUT2D eigenvalue weighted by Gasteiger charge is -2.19. The van der Waals surface area contributed by atoms with E-state index in [1.54, 1.807) is 0 Å². The highest BCUT2D eigenvalue weighted by atomic mass is 16.5. The van der Waals surface area contributed by atoms with Crippen molar-refractivity contribution in [3.05, 3.63) is 12.5 Å². The Balaban J connectivity index is -0.000000196. The molecular formula is C8H21NO. The molecule has 0 atom stereocenters. The fourth-order valence-electron chi connectivity index (χ4n) is 0.393. The largest absolute Gasteiger partial charge is 0.474 e. The van der Waals surface area contributed by atoms with Gasteiger partial charge in [0.25, 0.3) is 0 Å². The van der Waals surface area contributed by atoms with Gasteiger partial charge < -0.3 is 10.5 Å². The molecule has 0 radical (unpaired) electrons. The van der Waals surface area contributed by atoms with Crippen LogP contribution in [0.25, 0.3) is 0 Å². The van der Waals surface area contributed by atoms with Crippen molar-refractivity contribution in [2.45, 2.75) is 40.2 Å². The first-order valence-electron chi connectivity index (χ1n) is 3.55. The number of hydrogen-bond acceptors (Lipinski definition) is 2. The van der Waals surface area contributed by atoms with Crippen molar-refractivity contribution in [2.24, 2.45) is 5.73 Å². The average molecular weight is 147 g/mol. The van der Waals surface area contributed by atoms with Crippen LogP contribution in [-0.4, -0.2) is 5.60 Å². The minimum absolute atomic E-state index is 0. The van der Waals surface area contributed by atoms with Gasteiger partial charge in [-0.2, -0.15) is 0 Å². The van der Waals surface area contributed by atoms with E-state index in [2.05, 4.69) is 6.58 Å². The molecule has 0 bridgehead atoms. The van der Waals surface area contributed by atoms with E-state index in [0.717, 1.165) is 0 Å². The lowest BCUT2D eigenvalue weighted by Crippen LogP contribution is -2.21. The molecule has 0 aromatic rings. The van der Waals surface area contributed by atoms with Crippen LogP contribution in [0.5, 0.6) is 0 Å². The summed E-state index contributed by atoms with van der Waals surface area (Å²) in [6.45, 7) is 13.2. The van der Waals surface area contributed by atoms with E-state index >= 15 is 0 Å². The van der Waals surface area contributed by atoms with E-state index in [9.17, 15) is 0 Å². The molecule has 0 aliphatic rings. The van der Waals surface area contributed by atoms with Crippen molar-refractivity contribution in [3.63, 3.8) is 0 Å². The molecule has 0 aromatic heterocycles. The third-order valence-electron chi connectivity index (χ3n) is 0.437.